The second-order valence-electron chi connectivity index (χ2n) is 7.77. The summed E-state index contributed by atoms with van der Waals surface area (Å²) in [5, 5.41) is 3.91. The summed E-state index contributed by atoms with van der Waals surface area (Å²) in [6, 6.07) is 12.5. The molecule has 3 aromatic rings. The molecule has 0 unspecified atom stereocenters. The monoisotopic (exact) mass is 407 g/mol. The summed E-state index contributed by atoms with van der Waals surface area (Å²) in [5.74, 6) is 1.18. The van der Waals surface area contributed by atoms with Gasteiger partial charge in [-0.2, -0.15) is 0 Å². The Hall–Kier alpha value is -3.19. The third kappa shape index (κ3) is 3.57. The highest BCUT2D eigenvalue weighted by Crippen LogP contribution is 2.37. The highest BCUT2D eigenvalue weighted by Gasteiger charge is 2.23. The number of nitrogens with one attached hydrogen (secondary N) is 1. The van der Waals surface area contributed by atoms with Crippen molar-refractivity contribution in [2.45, 2.75) is 25.9 Å². The van der Waals surface area contributed by atoms with Crippen molar-refractivity contribution in [1.82, 2.24) is 15.2 Å². The van der Waals surface area contributed by atoms with Crippen molar-refractivity contribution in [2.24, 2.45) is 0 Å². The Labute approximate surface area is 173 Å². The largest absolute Gasteiger partial charge is 0.454 e. The Morgan fingerprint density at radius 3 is 2.73 bits per heavy atom. The van der Waals surface area contributed by atoms with Crippen LogP contribution in [0.15, 0.2) is 42.5 Å². The zero-order valence-electron chi connectivity index (χ0n) is 16.7. The van der Waals surface area contributed by atoms with Crippen LogP contribution in [0.2, 0.25) is 0 Å². The molecule has 2 aromatic carbocycles. The maximum Gasteiger partial charge on any atom is 0.231 e. The van der Waals surface area contributed by atoms with Crippen LogP contribution in [0.5, 0.6) is 11.5 Å². The molecule has 7 heteroatoms. The highest BCUT2D eigenvalue weighted by atomic mass is 19.1. The van der Waals surface area contributed by atoms with Gasteiger partial charge in [-0.3, -0.25) is 9.69 Å². The van der Waals surface area contributed by atoms with E-state index >= 15 is 0 Å². The van der Waals surface area contributed by atoms with Crippen LogP contribution in [0.4, 0.5) is 4.39 Å². The van der Waals surface area contributed by atoms with E-state index in [4.69, 9.17) is 14.5 Å². The SMILES string of the molecule is C[C@@H]1CNC(=O)CCN1Cc1cc2cc3c(cc2nc1-c1ccc(F)cc1)OCO3. The van der Waals surface area contributed by atoms with Crippen LogP contribution in [-0.2, 0) is 11.3 Å². The van der Waals surface area contributed by atoms with Crippen molar-refractivity contribution >= 4 is 16.8 Å². The predicted octanol–water partition coefficient (Wildman–Crippen LogP) is 3.48. The van der Waals surface area contributed by atoms with Crippen molar-refractivity contribution < 1.29 is 18.7 Å². The second kappa shape index (κ2) is 7.57. The number of hydrogen-bond donors (Lipinski definition) is 1. The lowest BCUT2D eigenvalue weighted by Crippen LogP contribution is -2.37. The molecule has 154 valence electrons. The van der Waals surface area contributed by atoms with Crippen LogP contribution in [0.25, 0.3) is 22.2 Å². The summed E-state index contributed by atoms with van der Waals surface area (Å²) < 4.78 is 24.5. The van der Waals surface area contributed by atoms with Crippen LogP contribution in [0.1, 0.15) is 18.9 Å². The fraction of sp³-hybridized carbons (Fsp3) is 0.304. The first-order valence-corrected chi connectivity index (χ1v) is 10.1. The predicted molar refractivity (Wildman–Crippen MR) is 111 cm³/mol. The fourth-order valence-electron chi connectivity index (χ4n) is 3.98. The Morgan fingerprint density at radius 1 is 1.17 bits per heavy atom. The lowest BCUT2D eigenvalue weighted by atomic mass is 10.0. The molecule has 1 amide bonds. The lowest BCUT2D eigenvalue weighted by Gasteiger charge is -2.27. The molecule has 1 N–H and O–H groups in total. The molecule has 0 aliphatic carbocycles. The summed E-state index contributed by atoms with van der Waals surface area (Å²) in [6.07, 6.45) is 0.468. The van der Waals surface area contributed by atoms with Crippen molar-refractivity contribution in [2.75, 3.05) is 19.9 Å². The normalized spacial score (nSPS) is 19.0. The number of pyridine rings is 1. The van der Waals surface area contributed by atoms with Gasteiger partial charge in [0.15, 0.2) is 11.5 Å². The number of rotatable bonds is 3. The average molecular weight is 407 g/mol. The molecule has 0 spiro atoms. The quantitative estimate of drug-likeness (QED) is 0.720. The number of aromatic nitrogens is 1. The van der Waals surface area contributed by atoms with Crippen LogP contribution in [-0.4, -0.2) is 41.7 Å². The molecular formula is C23H22FN3O3. The van der Waals surface area contributed by atoms with Gasteiger partial charge >= 0.3 is 0 Å². The highest BCUT2D eigenvalue weighted by molar-refractivity contribution is 5.86. The van der Waals surface area contributed by atoms with Crippen LogP contribution in [0.3, 0.4) is 0 Å². The van der Waals surface area contributed by atoms with Gasteiger partial charge in [-0.15, -0.1) is 0 Å². The minimum Gasteiger partial charge on any atom is -0.454 e. The third-order valence-electron chi connectivity index (χ3n) is 5.72. The van der Waals surface area contributed by atoms with E-state index in [2.05, 4.69) is 23.2 Å². The molecule has 0 bridgehead atoms. The summed E-state index contributed by atoms with van der Waals surface area (Å²) in [5.41, 5.74) is 3.47. The van der Waals surface area contributed by atoms with Gasteiger partial charge in [0, 0.05) is 49.1 Å². The molecule has 1 atom stereocenters. The van der Waals surface area contributed by atoms with Crippen molar-refractivity contribution in [3.8, 4) is 22.8 Å². The van der Waals surface area contributed by atoms with Crippen LogP contribution >= 0.6 is 0 Å². The first-order valence-electron chi connectivity index (χ1n) is 10.1. The average Bonchev–Trinajstić information content (AvgIpc) is 3.14. The smallest absolute Gasteiger partial charge is 0.231 e. The van der Waals surface area contributed by atoms with Gasteiger partial charge in [0.2, 0.25) is 12.7 Å². The summed E-state index contributed by atoms with van der Waals surface area (Å²) in [7, 11) is 0. The Bertz CT molecular complexity index is 1120. The number of nitrogens with zero attached hydrogens (tertiary/aromatic N) is 2. The van der Waals surface area contributed by atoms with Crippen molar-refractivity contribution in [3.05, 3.63) is 53.8 Å². The Balaban J connectivity index is 1.60. The summed E-state index contributed by atoms with van der Waals surface area (Å²) >= 11 is 0. The van der Waals surface area contributed by atoms with Gasteiger partial charge in [0.1, 0.15) is 5.82 Å². The minimum atomic E-state index is -0.282. The molecular weight excluding hydrogens is 385 g/mol. The number of fused-ring (bicyclic) bond motifs is 2. The molecule has 0 radical (unpaired) electrons. The number of benzene rings is 2. The topological polar surface area (TPSA) is 63.7 Å². The van der Waals surface area contributed by atoms with Gasteiger partial charge in [-0.05, 0) is 48.9 Å². The van der Waals surface area contributed by atoms with Crippen molar-refractivity contribution in [1.29, 1.82) is 0 Å². The van der Waals surface area contributed by atoms with E-state index in [1.54, 1.807) is 12.1 Å². The van der Waals surface area contributed by atoms with Crippen LogP contribution < -0.4 is 14.8 Å². The Morgan fingerprint density at radius 2 is 1.93 bits per heavy atom. The van der Waals surface area contributed by atoms with E-state index in [1.807, 2.05) is 12.1 Å². The molecule has 30 heavy (non-hydrogen) atoms. The maximum atomic E-state index is 13.5. The van der Waals surface area contributed by atoms with E-state index in [0.29, 0.717) is 37.6 Å². The molecule has 1 fully saturated rings. The number of carbonyl (C=O) groups is 1. The minimum absolute atomic E-state index is 0.0763. The first-order chi connectivity index (χ1) is 14.6. The molecule has 2 aliphatic heterocycles. The van der Waals surface area contributed by atoms with E-state index in [-0.39, 0.29) is 24.6 Å². The van der Waals surface area contributed by atoms with Gasteiger partial charge in [0.25, 0.3) is 0 Å². The van der Waals surface area contributed by atoms with Gasteiger partial charge in [-0.25, -0.2) is 9.37 Å². The number of ether oxygens (including phenoxy) is 2. The van der Waals surface area contributed by atoms with E-state index < -0.39 is 0 Å². The number of halogens is 1. The lowest BCUT2D eigenvalue weighted by molar-refractivity contribution is -0.120. The molecule has 1 aromatic heterocycles. The number of amides is 1. The van der Waals surface area contributed by atoms with Gasteiger partial charge in [0.05, 0.1) is 11.2 Å². The molecule has 6 nitrogen and oxygen atoms in total. The van der Waals surface area contributed by atoms with Crippen molar-refractivity contribution in [3.63, 3.8) is 0 Å². The molecule has 5 rings (SSSR count). The zero-order valence-corrected chi connectivity index (χ0v) is 16.7. The van der Waals surface area contributed by atoms with Gasteiger partial charge < -0.3 is 14.8 Å². The van der Waals surface area contributed by atoms with Gasteiger partial charge in [-0.1, -0.05) is 0 Å². The summed E-state index contributed by atoms with van der Waals surface area (Å²) in [6.45, 7) is 4.24. The van der Waals surface area contributed by atoms with E-state index in [9.17, 15) is 9.18 Å². The number of hydrogen-bond acceptors (Lipinski definition) is 5. The number of carbonyl (C=O) groups excluding carboxylic acids is 1. The summed E-state index contributed by atoms with van der Waals surface area (Å²) in [4.78, 5) is 19.0. The Kier molecular flexibility index (Phi) is 4.75. The van der Waals surface area contributed by atoms with E-state index in [1.165, 1.54) is 12.1 Å². The molecule has 3 heterocycles. The molecule has 1 saturated heterocycles. The zero-order chi connectivity index (χ0) is 20.7. The first kappa shape index (κ1) is 18.8. The standard InChI is InChI=1S/C23H22FN3O3/c1-14-11-25-22(28)6-7-27(14)12-17-8-16-9-20-21(30-13-29-20)10-19(16)26-23(17)15-2-4-18(24)5-3-15/h2-5,8-10,14H,6-7,11-13H2,1H3,(H,25,28)/t14-/m1/s1. The molecule has 2 aliphatic rings. The molecule has 0 saturated carbocycles. The fourth-order valence-corrected chi connectivity index (χ4v) is 3.98. The maximum absolute atomic E-state index is 13.5. The second-order valence-corrected chi connectivity index (χ2v) is 7.77. The van der Waals surface area contributed by atoms with Crippen LogP contribution in [0, 0.1) is 5.82 Å². The third-order valence-corrected chi connectivity index (χ3v) is 5.72. The van der Waals surface area contributed by atoms with E-state index in [0.717, 1.165) is 27.7 Å².